The molecule has 0 aromatic heterocycles. The Bertz CT molecular complexity index is 442. The maximum Gasteiger partial charge on any atom is 0.418 e. The van der Waals surface area contributed by atoms with Gasteiger partial charge in [-0.25, -0.2) is 0 Å². The van der Waals surface area contributed by atoms with Crippen molar-refractivity contribution >= 4 is 17.3 Å². The second kappa shape index (κ2) is 5.59. The Labute approximate surface area is 114 Å². The van der Waals surface area contributed by atoms with Crippen LogP contribution in [0.2, 0.25) is 5.02 Å². The van der Waals surface area contributed by atoms with Crippen LogP contribution in [0.4, 0.5) is 18.9 Å². The lowest BCUT2D eigenvalue weighted by molar-refractivity contribution is -0.137. The SMILES string of the molecule is OC1CCC(Nc2c(Cl)cccc2C(F)(F)F)CC1. The standard InChI is InChI=1S/C13H15ClF3NO/c14-11-3-1-2-10(13(15,16)17)12(11)18-8-4-6-9(19)7-5-8/h1-3,8-9,18-19H,4-7H2. The maximum absolute atomic E-state index is 12.9. The number of halogens is 4. The smallest absolute Gasteiger partial charge is 0.393 e. The number of aliphatic hydroxyl groups excluding tert-OH is 1. The van der Waals surface area contributed by atoms with Crippen molar-refractivity contribution in [2.24, 2.45) is 0 Å². The molecule has 0 saturated heterocycles. The molecule has 1 saturated carbocycles. The van der Waals surface area contributed by atoms with E-state index in [0.29, 0.717) is 25.7 Å². The van der Waals surface area contributed by atoms with Crippen molar-refractivity contribution in [1.82, 2.24) is 0 Å². The summed E-state index contributed by atoms with van der Waals surface area (Å²) in [5.41, 5.74) is -0.802. The second-order valence-corrected chi connectivity index (χ2v) is 5.22. The Kier molecular flexibility index (Phi) is 4.26. The van der Waals surface area contributed by atoms with Crippen molar-refractivity contribution in [2.45, 2.75) is 44.0 Å². The van der Waals surface area contributed by atoms with Crippen molar-refractivity contribution in [3.05, 3.63) is 28.8 Å². The van der Waals surface area contributed by atoms with Crippen molar-refractivity contribution in [3.63, 3.8) is 0 Å². The van der Waals surface area contributed by atoms with Gasteiger partial charge in [-0.05, 0) is 37.8 Å². The Balaban J connectivity index is 2.20. The first-order valence-corrected chi connectivity index (χ1v) is 6.56. The van der Waals surface area contributed by atoms with Gasteiger partial charge in [0.1, 0.15) is 0 Å². The monoisotopic (exact) mass is 293 g/mol. The Hall–Kier alpha value is -0.940. The molecule has 2 nitrogen and oxygen atoms in total. The summed E-state index contributed by atoms with van der Waals surface area (Å²) in [6, 6.07) is 3.67. The van der Waals surface area contributed by atoms with Gasteiger partial charge < -0.3 is 10.4 Å². The van der Waals surface area contributed by atoms with Crippen LogP contribution in [0.15, 0.2) is 18.2 Å². The van der Waals surface area contributed by atoms with E-state index in [1.54, 1.807) is 0 Å². The van der Waals surface area contributed by atoms with E-state index in [0.717, 1.165) is 6.07 Å². The van der Waals surface area contributed by atoms with Crippen LogP contribution in [0.25, 0.3) is 0 Å². The zero-order valence-electron chi connectivity index (χ0n) is 10.2. The van der Waals surface area contributed by atoms with E-state index in [1.807, 2.05) is 0 Å². The molecule has 1 fully saturated rings. The van der Waals surface area contributed by atoms with E-state index >= 15 is 0 Å². The van der Waals surface area contributed by atoms with E-state index in [1.165, 1.54) is 12.1 Å². The summed E-state index contributed by atoms with van der Waals surface area (Å²) in [4.78, 5) is 0. The predicted molar refractivity (Wildman–Crippen MR) is 68.3 cm³/mol. The van der Waals surface area contributed by atoms with Crippen LogP contribution in [0.1, 0.15) is 31.2 Å². The molecule has 0 radical (unpaired) electrons. The van der Waals surface area contributed by atoms with Crippen molar-refractivity contribution < 1.29 is 18.3 Å². The summed E-state index contributed by atoms with van der Waals surface area (Å²) in [6.45, 7) is 0. The quantitative estimate of drug-likeness (QED) is 0.861. The molecule has 0 spiro atoms. The van der Waals surface area contributed by atoms with Gasteiger partial charge in [-0.1, -0.05) is 17.7 Å². The van der Waals surface area contributed by atoms with Gasteiger partial charge in [-0.3, -0.25) is 0 Å². The number of hydrogen-bond acceptors (Lipinski definition) is 2. The highest BCUT2D eigenvalue weighted by Gasteiger charge is 2.35. The number of hydrogen-bond donors (Lipinski definition) is 2. The third-order valence-corrected chi connectivity index (χ3v) is 3.68. The topological polar surface area (TPSA) is 32.3 Å². The molecule has 1 aliphatic rings. The number of rotatable bonds is 2. The highest BCUT2D eigenvalue weighted by molar-refractivity contribution is 6.33. The Morgan fingerprint density at radius 1 is 1.16 bits per heavy atom. The zero-order chi connectivity index (χ0) is 14.0. The van der Waals surface area contributed by atoms with Gasteiger partial charge in [0.2, 0.25) is 0 Å². The van der Waals surface area contributed by atoms with Crippen molar-refractivity contribution in [3.8, 4) is 0 Å². The lowest BCUT2D eigenvalue weighted by Crippen LogP contribution is -2.29. The fourth-order valence-electron chi connectivity index (χ4n) is 2.33. The fraction of sp³-hybridized carbons (Fsp3) is 0.538. The number of alkyl halides is 3. The minimum Gasteiger partial charge on any atom is -0.393 e. The molecule has 0 heterocycles. The molecule has 0 amide bonds. The molecule has 0 unspecified atom stereocenters. The predicted octanol–water partition coefficient (Wildman–Crippen LogP) is 4.07. The summed E-state index contributed by atoms with van der Waals surface area (Å²) in [7, 11) is 0. The van der Waals surface area contributed by atoms with Crippen LogP contribution >= 0.6 is 11.6 Å². The molecule has 1 aromatic carbocycles. The van der Waals surface area contributed by atoms with E-state index in [9.17, 15) is 18.3 Å². The third-order valence-electron chi connectivity index (χ3n) is 3.36. The van der Waals surface area contributed by atoms with Crippen LogP contribution < -0.4 is 5.32 Å². The number of aliphatic hydroxyl groups is 1. The molecule has 2 rings (SSSR count). The van der Waals surface area contributed by atoms with E-state index < -0.39 is 11.7 Å². The average Bonchev–Trinajstić information content (AvgIpc) is 2.33. The van der Waals surface area contributed by atoms with E-state index in [-0.39, 0.29) is 22.9 Å². The summed E-state index contributed by atoms with van der Waals surface area (Å²) in [5, 5.41) is 12.3. The van der Waals surface area contributed by atoms with Gasteiger partial charge in [-0.15, -0.1) is 0 Å². The first-order chi connectivity index (χ1) is 8.88. The minimum atomic E-state index is -4.43. The molecule has 19 heavy (non-hydrogen) atoms. The molecule has 1 aromatic rings. The lowest BCUT2D eigenvalue weighted by Gasteiger charge is -2.28. The molecule has 0 atom stereocenters. The van der Waals surface area contributed by atoms with Crippen LogP contribution in [0, 0.1) is 0 Å². The third kappa shape index (κ3) is 3.54. The summed E-state index contributed by atoms with van der Waals surface area (Å²) in [6.07, 6.45) is -2.28. The van der Waals surface area contributed by atoms with Gasteiger partial charge >= 0.3 is 6.18 Å². The maximum atomic E-state index is 12.9. The first kappa shape index (κ1) is 14.5. The fourth-order valence-corrected chi connectivity index (χ4v) is 2.56. The summed E-state index contributed by atoms with van der Waals surface area (Å²) in [5.74, 6) is 0. The molecule has 0 bridgehead atoms. The average molecular weight is 294 g/mol. The largest absolute Gasteiger partial charge is 0.418 e. The van der Waals surface area contributed by atoms with Gasteiger partial charge in [0.05, 0.1) is 22.4 Å². The van der Waals surface area contributed by atoms with Gasteiger partial charge in [0.15, 0.2) is 0 Å². The zero-order valence-corrected chi connectivity index (χ0v) is 10.9. The van der Waals surface area contributed by atoms with Gasteiger partial charge in [0, 0.05) is 6.04 Å². The van der Waals surface area contributed by atoms with Gasteiger partial charge in [0.25, 0.3) is 0 Å². The second-order valence-electron chi connectivity index (χ2n) is 4.81. The van der Waals surface area contributed by atoms with Crippen LogP contribution in [0.5, 0.6) is 0 Å². The lowest BCUT2D eigenvalue weighted by atomic mass is 9.93. The van der Waals surface area contributed by atoms with Crippen molar-refractivity contribution in [2.75, 3.05) is 5.32 Å². The number of benzene rings is 1. The highest BCUT2D eigenvalue weighted by atomic mass is 35.5. The van der Waals surface area contributed by atoms with Crippen LogP contribution in [0.3, 0.4) is 0 Å². The minimum absolute atomic E-state index is 0.0574. The van der Waals surface area contributed by atoms with E-state index in [4.69, 9.17) is 11.6 Å². The highest BCUT2D eigenvalue weighted by Crippen LogP contribution is 2.39. The Morgan fingerprint density at radius 2 is 1.79 bits per heavy atom. The van der Waals surface area contributed by atoms with Crippen LogP contribution in [-0.2, 0) is 6.18 Å². The van der Waals surface area contributed by atoms with E-state index in [2.05, 4.69) is 5.32 Å². The molecule has 2 N–H and O–H groups in total. The van der Waals surface area contributed by atoms with Crippen molar-refractivity contribution in [1.29, 1.82) is 0 Å². The molecule has 6 heteroatoms. The van der Waals surface area contributed by atoms with Gasteiger partial charge in [-0.2, -0.15) is 13.2 Å². The number of anilines is 1. The molecule has 106 valence electrons. The summed E-state index contributed by atoms with van der Waals surface area (Å²) >= 11 is 5.87. The summed E-state index contributed by atoms with van der Waals surface area (Å²) < 4.78 is 38.7. The molecular formula is C13H15ClF3NO. The first-order valence-electron chi connectivity index (χ1n) is 6.18. The van der Waals surface area contributed by atoms with Crippen LogP contribution in [-0.4, -0.2) is 17.3 Å². The molecular weight excluding hydrogens is 279 g/mol. The Morgan fingerprint density at radius 3 is 2.37 bits per heavy atom. The molecule has 0 aliphatic heterocycles. The normalized spacial score (nSPS) is 24.3. The molecule has 1 aliphatic carbocycles. The number of para-hydroxylation sites is 1. The number of nitrogens with one attached hydrogen (secondary N) is 1.